The fraction of sp³-hybridized carbons (Fsp3) is 0.158. The molecule has 128 valence electrons. The van der Waals surface area contributed by atoms with E-state index < -0.39 is 17.5 Å². The van der Waals surface area contributed by atoms with Crippen LogP contribution in [0.25, 0.3) is 5.69 Å². The first kappa shape index (κ1) is 16.8. The molecule has 0 fully saturated rings. The lowest BCUT2D eigenvalue weighted by Crippen LogP contribution is -2.15. The van der Waals surface area contributed by atoms with Crippen LogP contribution in [0, 0.1) is 32.4 Å². The second-order valence-electron chi connectivity index (χ2n) is 5.87. The number of carbonyl (C=O) groups excluding carboxylic acids is 1. The van der Waals surface area contributed by atoms with E-state index in [0.29, 0.717) is 17.4 Å². The summed E-state index contributed by atoms with van der Waals surface area (Å²) in [4.78, 5) is 12.3. The van der Waals surface area contributed by atoms with Crippen molar-refractivity contribution in [1.82, 2.24) is 9.78 Å². The molecule has 6 heteroatoms. The summed E-state index contributed by atoms with van der Waals surface area (Å²) in [6.07, 6.45) is 0. The minimum Gasteiger partial charge on any atom is -0.319 e. The summed E-state index contributed by atoms with van der Waals surface area (Å²) in [5, 5.41) is 7.11. The molecule has 4 nitrogen and oxygen atoms in total. The van der Waals surface area contributed by atoms with Crippen LogP contribution in [0.15, 0.2) is 42.5 Å². The third-order valence-electron chi connectivity index (χ3n) is 3.98. The molecule has 0 aliphatic rings. The summed E-state index contributed by atoms with van der Waals surface area (Å²) < 4.78 is 28.5. The summed E-state index contributed by atoms with van der Waals surface area (Å²) in [7, 11) is 0. The number of aryl methyl sites for hydroxylation is 2. The van der Waals surface area contributed by atoms with Gasteiger partial charge in [0.15, 0.2) is 0 Å². The van der Waals surface area contributed by atoms with Crippen molar-refractivity contribution >= 4 is 11.6 Å². The standard InChI is InChI=1S/C19H17F2N3O/c1-11-4-7-15(8-5-11)24-13(3)18(12(2)23-24)22-19(25)16-9-6-14(20)10-17(16)21/h4-10H,1-3H3,(H,22,25). The molecule has 1 N–H and O–H groups in total. The van der Waals surface area contributed by atoms with Crippen LogP contribution in [0.3, 0.4) is 0 Å². The van der Waals surface area contributed by atoms with E-state index in [4.69, 9.17) is 0 Å². The minimum absolute atomic E-state index is 0.219. The summed E-state index contributed by atoms with van der Waals surface area (Å²) in [6, 6.07) is 10.7. The van der Waals surface area contributed by atoms with Gasteiger partial charge in [-0.3, -0.25) is 4.79 Å². The molecule has 1 heterocycles. The van der Waals surface area contributed by atoms with Crippen LogP contribution in [-0.4, -0.2) is 15.7 Å². The van der Waals surface area contributed by atoms with E-state index in [-0.39, 0.29) is 5.56 Å². The van der Waals surface area contributed by atoms with Gasteiger partial charge < -0.3 is 5.32 Å². The zero-order valence-corrected chi connectivity index (χ0v) is 14.1. The highest BCUT2D eigenvalue weighted by molar-refractivity contribution is 6.05. The maximum Gasteiger partial charge on any atom is 0.258 e. The Balaban J connectivity index is 1.93. The van der Waals surface area contributed by atoms with Gasteiger partial charge >= 0.3 is 0 Å². The fourth-order valence-corrected chi connectivity index (χ4v) is 2.62. The highest BCUT2D eigenvalue weighted by Crippen LogP contribution is 2.24. The smallest absolute Gasteiger partial charge is 0.258 e. The van der Waals surface area contributed by atoms with Crippen molar-refractivity contribution in [3.8, 4) is 5.69 Å². The Morgan fingerprint density at radius 3 is 2.36 bits per heavy atom. The zero-order valence-electron chi connectivity index (χ0n) is 14.1. The van der Waals surface area contributed by atoms with Crippen molar-refractivity contribution in [3.63, 3.8) is 0 Å². The molecule has 0 atom stereocenters. The van der Waals surface area contributed by atoms with Gasteiger partial charge in [-0.15, -0.1) is 0 Å². The van der Waals surface area contributed by atoms with Crippen LogP contribution in [0.5, 0.6) is 0 Å². The quantitative estimate of drug-likeness (QED) is 0.771. The number of carbonyl (C=O) groups is 1. The molecule has 3 rings (SSSR count). The van der Waals surface area contributed by atoms with E-state index in [1.807, 2.05) is 38.1 Å². The number of benzene rings is 2. The van der Waals surface area contributed by atoms with Crippen molar-refractivity contribution in [3.05, 3.63) is 76.6 Å². The summed E-state index contributed by atoms with van der Waals surface area (Å²) in [5.74, 6) is -2.28. The molecule has 25 heavy (non-hydrogen) atoms. The number of hydrogen-bond donors (Lipinski definition) is 1. The van der Waals surface area contributed by atoms with Gasteiger partial charge in [0.25, 0.3) is 5.91 Å². The average Bonchev–Trinajstić information content (AvgIpc) is 2.83. The lowest BCUT2D eigenvalue weighted by Gasteiger charge is -2.08. The van der Waals surface area contributed by atoms with Crippen molar-refractivity contribution in [2.75, 3.05) is 5.32 Å². The lowest BCUT2D eigenvalue weighted by molar-refractivity contribution is 0.102. The number of hydrogen-bond acceptors (Lipinski definition) is 2. The van der Waals surface area contributed by atoms with Crippen LogP contribution in [-0.2, 0) is 0 Å². The van der Waals surface area contributed by atoms with Gasteiger partial charge in [-0.1, -0.05) is 17.7 Å². The van der Waals surface area contributed by atoms with Crippen molar-refractivity contribution in [1.29, 1.82) is 0 Å². The van der Waals surface area contributed by atoms with Crippen molar-refractivity contribution in [2.45, 2.75) is 20.8 Å². The second kappa shape index (κ2) is 6.47. The second-order valence-corrected chi connectivity index (χ2v) is 5.87. The molecule has 0 bridgehead atoms. The zero-order chi connectivity index (χ0) is 18.1. The molecule has 0 spiro atoms. The van der Waals surface area contributed by atoms with E-state index in [1.165, 1.54) is 0 Å². The molecular formula is C19H17F2N3O. The Labute approximate surface area is 144 Å². The van der Waals surface area contributed by atoms with Gasteiger partial charge in [0.05, 0.1) is 28.3 Å². The average molecular weight is 341 g/mol. The highest BCUT2D eigenvalue weighted by Gasteiger charge is 2.18. The molecule has 0 saturated carbocycles. The third-order valence-corrected chi connectivity index (χ3v) is 3.98. The van der Waals surface area contributed by atoms with Crippen LogP contribution in [0.4, 0.5) is 14.5 Å². The fourth-order valence-electron chi connectivity index (χ4n) is 2.62. The molecular weight excluding hydrogens is 324 g/mol. The van der Waals surface area contributed by atoms with Crippen LogP contribution in [0.2, 0.25) is 0 Å². The number of anilines is 1. The number of halogens is 2. The Morgan fingerprint density at radius 2 is 1.72 bits per heavy atom. The van der Waals surface area contributed by atoms with Crippen molar-refractivity contribution in [2.24, 2.45) is 0 Å². The van der Waals surface area contributed by atoms with E-state index in [9.17, 15) is 13.6 Å². The molecule has 0 unspecified atom stereocenters. The largest absolute Gasteiger partial charge is 0.319 e. The summed E-state index contributed by atoms with van der Waals surface area (Å²) in [5.41, 5.74) is 3.61. The molecule has 3 aromatic rings. The Kier molecular flexibility index (Phi) is 4.35. The number of rotatable bonds is 3. The number of nitrogens with zero attached hydrogens (tertiary/aromatic N) is 2. The molecule has 0 aliphatic carbocycles. The molecule has 2 aromatic carbocycles. The number of nitrogens with one attached hydrogen (secondary N) is 1. The van der Waals surface area contributed by atoms with E-state index in [1.54, 1.807) is 11.6 Å². The molecule has 0 aliphatic heterocycles. The van der Waals surface area contributed by atoms with Gasteiger partial charge in [0.2, 0.25) is 0 Å². The highest BCUT2D eigenvalue weighted by atomic mass is 19.1. The summed E-state index contributed by atoms with van der Waals surface area (Å²) in [6.45, 7) is 5.57. The topological polar surface area (TPSA) is 46.9 Å². The first-order chi connectivity index (χ1) is 11.9. The Bertz CT molecular complexity index is 946. The van der Waals surface area contributed by atoms with Crippen LogP contribution < -0.4 is 5.32 Å². The Hall–Kier alpha value is -3.02. The monoisotopic (exact) mass is 341 g/mol. The maximum absolute atomic E-state index is 13.8. The predicted molar refractivity (Wildman–Crippen MR) is 92.1 cm³/mol. The van der Waals surface area contributed by atoms with Crippen molar-refractivity contribution < 1.29 is 13.6 Å². The van der Waals surface area contributed by atoms with Crippen LogP contribution in [0.1, 0.15) is 27.3 Å². The third kappa shape index (κ3) is 3.28. The van der Waals surface area contributed by atoms with E-state index in [2.05, 4.69) is 10.4 Å². The molecule has 0 saturated heterocycles. The first-order valence-corrected chi connectivity index (χ1v) is 7.76. The van der Waals surface area contributed by atoms with Gasteiger partial charge in [0.1, 0.15) is 11.6 Å². The minimum atomic E-state index is -0.904. The maximum atomic E-state index is 13.8. The normalized spacial score (nSPS) is 10.8. The molecule has 1 amide bonds. The molecule has 0 radical (unpaired) electrons. The van der Waals surface area contributed by atoms with E-state index >= 15 is 0 Å². The van der Waals surface area contributed by atoms with Gasteiger partial charge in [0, 0.05) is 6.07 Å². The van der Waals surface area contributed by atoms with Gasteiger partial charge in [-0.25, -0.2) is 13.5 Å². The number of amides is 1. The number of aromatic nitrogens is 2. The van der Waals surface area contributed by atoms with Crippen LogP contribution >= 0.6 is 0 Å². The lowest BCUT2D eigenvalue weighted by atomic mass is 10.2. The van der Waals surface area contributed by atoms with E-state index in [0.717, 1.165) is 29.1 Å². The first-order valence-electron chi connectivity index (χ1n) is 7.76. The summed E-state index contributed by atoms with van der Waals surface area (Å²) >= 11 is 0. The van der Waals surface area contributed by atoms with Gasteiger partial charge in [-0.2, -0.15) is 5.10 Å². The molecule has 1 aromatic heterocycles. The predicted octanol–water partition coefficient (Wildman–Crippen LogP) is 4.33. The van der Waals surface area contributed by atoms with Gasteiger partial charge in [-0.05, 0) is 45.0 Å². The Morgan fingerprint density at radius 1 is 1.04 bits per heavy atom. The SMILES string of the molecule is Cc1ccc(-n2nc(C)c(NC(=O)c3ccc(F)cc3F)c2C)cc1.